The van der Waals surface area contributed by atoms with E-state index in [2.05, 4.69) is 4.98 Å². The van der Waals surface area contributed by atoms with Gasteiger partial charge in [-0.15, -0.1) is 0 Å². The zero-order valence-electron chi connectivity index (χ0n) is 10.2. The summed E-state index contributed by atoms with van der Waals surface area (Å²) in [5.74, 6) is 0.466. The molecule has 3 heteroatoms. The molecule has 0 saturated heterocycles. The normalized spacial score (nSPS) is 11.8. The van der Waals surface area contributed by atoms with Crippen LogP contribution in [0.5, 0.6) is 5.75 Å². The van der Waals surface area contributed by atoms with Crippen molar-refractivity contribution in [3.8, 4) is 5.75 Å². The van der Waals surface area contributed by atoms with Crippen molar-refractivity contribution in [2.75, 3.05) is 0 Å². The number of rotatable bonds is 4. The van der Waals surface area contributed by atoms with E-state index in [-0.39, 0.29) is 11.9 Å². The highest BCUT2D eigenvalue weighted by molar-refractivity contribution is 5.73. The Bertz CT molecular complexity index is 496. The Morgan fingerprint density at radius 3 is 2.67 bits per heavy atom. The average Bonchev–Trinajstić information content (AvgIpc) is 2.40. The summed E-state index contributed by atoms with van der Waals surface area (Å²) >= 11 is 0. The molecule has 1 aromatic heterocycles. The van der Waals surface area contributed by atoms with E-state index < -0.39 is 0 Å². The zero-order valence-corrected chi connectivity index (χ0v) is 10.2. The average molecular weight is 241 g/mol. The van der Waals surface area contributed by atoms with Gasteiger partial charge in [-0.25, -0.2) is 0 Å². The fraction of sp³-hybridized carbons (Fsp3) is 0.200. The number of benzene rings is 1. The van der Waals surface area contributed by atoms with Crippen molar-refractivity contribution in [3.05, 3.63) is 60.4 Å². The van der Waals surface area contributed by atoms with E-state index in [9.17, 15) is 4.79 Å². The molecule has 0 aliphatic rings. The van der Waals surface area contributed by atoms with Crippen molar-refractivity contribution in [1.82, 2.24) is 4.98 Å². The summed E-state index contributed by atoms with van der Waals surface area (Å²) in [7, 11) is 0. The molecule has 2 aromatic rings. The third kappa shape index (κ3) is 3.42. The van der Waals surface area contributed by atoms with Gasteiger partial charge in [0.15, 0.2) is 0 Å². The van der Waals surface area contributed by atoms with Crippen molar-refractivity contribution in [2.45, 2.75) is 19.3 Å². The molecule has 0 amide bonds. The maximum Gasteiger partial charge on any atom is 0.311 e. The molecule has 0 aliphatic heterocycles. The van der Waals surface area contributed by atoms with Gasteiger partial charge in [0.2, 0.25) is 0 Å². The molecule has 0 N–H and O–H groups in total. The maximum atomic E-state index is 11.8. The first-order valence-corrected chi connectivity index (χ1v) is 5.91. The van der Waals surface area contributed by atoms with Gasteiger partial charge in [-0.1, -0.05) is 31.2 Å². The van der Waals surface area contributed by atoms with Crippen LogP contribution in [0.4, 0.5) is 0 Å². The summed E-state index contributed by atoms with van der Waals surface area (Å²) in [6.45, 7) is 1.99. The van der Waals surface area contributed by atoms with Crippen LogP contribution in [0.2, 0.25) is 0 Å². The summed E-state index contributed by atoms with van der Waals surface area (Å²) in [5, 5.41) is 0. The molecule has 0 spiro atoms. The van der Waals surface area contributed by atoms with E-state index in [1.54, 1.807) is 24.5 Å². The Labute approximate surface area is 106 Å². The van der Waals surface area contributed by atoms with E-state index in [0.29, 0.717) is 12.2 Å². The van der Waals surface area contributed by atoms with E-state index >= 15 is 0 Å². The lowest BCUT2D eigenvalue weighted by molar-refractivity contribution is -0.134. The number of para-hydroxylation sites is 1. The number of pyridine rings is 1. The van der Waals surface area contributed by atoms with Crippen molar-refractivity contribution < 1.29 is 9.53 Å². The predicted octanol–water partition coefficient (Wildman–Crippen LogP) is 3.18. The molecule has 1 aromatic carbocycles. The van der Waals surface area contributed by atoms with Gasteiger partial charge in [0, 0.05) is 12.4 Å². The van der Waals surface area contributed by atoms with Crippen molar-refractivity contribution in [3.63, 3.8) is 0 Å². The van der Waals surface area contributed by atoms with Gasteiger partial charge in [0.05, 0.1) is 6.42 Å². The summed E-state index contributed by atoms with van der Waals surface area (Å²) in [6, 6.07) is 12.9. The Morgan fingerprint density at radius 2 is 2.00 bits per heavy atom. The lowest BCUT2D eigenvalue weighted by atomic mass is 10.00. The number of aromatic nitrogens is 1. The van der Waals surface area contributed by atoms with E-state index in [1.165, 1.54) is 0 Å². The summed E-state index contributed by atoms with van der Waals surface area (Å²) in [4.78, 5) is 15.8. The first-order valence-electron chi connectivity index (χ1n) is 5.91. The van der Waals surface area contributed by atoms with Gasteiger partial charge >= 0.3 is 5.97 Å². The Kier molecular flexibility index (Phi) is 4.07. The number of hydrogen-bond donors (Lipinski definition) is 0. The lowest BCUT2D eigenvalue weighted by Crippen LogP contribution is -2.11. The van der Waals surface area contributed by atoms with E-state index in [4.69, 9.17) is 4.74 Å². The van der Waals surface area contributed by atoms with Crippen LogP contribution in [0.3, 0.4) is 0 Å². The fourth-order valence-electron chi connectivity index (χ4n) is 1.70. The molecule has 0 aliphatic carbocycles. The molecule has 0 saturated carbocycles. The first kappa shape index (κ1) is 12.3. The highest BCUT2D eigenvalue weighted by Crippen LogP contribution is 2.19. The molecular weight excluding hydrogens is 226 g/mol. The van der Waals surface area contributed by atoms with Gasteiger partial charge in [-0.3, -0.25) is 9.78 Å². The lowest BCUT2D eigenvalue weighted by Gasteiger charge is -2.10. The second-order valence-corrected chi connectivity index (χ2v) is 4.18. The standard InChI is InChI=1S/C15H15NO2/c1-12(13-6-5-9-16-11-13)10-15(17)18-14-7-3-2-4-8-14/h2-9,11-12H,10H2,1H3/t12-/m0/s1. The SMILES string of the molecule is C[C@@H](CC(=O)Oc1ccccc1)c1cccnc1. The van der Waals surface area contributed by atoms with Crippen molar-refractivity contribution >= 4 is 5.97 Å². The van der Waals surface area contributed by atoms with E-state index in [1.807, 2.05) is 37.3 Å². The van der Waals surface area contributed by atoms with Gasteiger partial charge in [0.25, 0.3) is 0 Å². The number of esters is 1. The predicted molar refractivity (Wildman–Crippen MR) is 69.3 cm³/mol. The molecular formula is C15H15NO2. The van der Waals surface area contributed by atoms with Crippen LogP contribution >= 0.6 is 0 Å². The Hall–Kier alpha value is -2.16. The molecule has 0 radical (unpaired) electrons. The molecule has 2 rings (SSSR count). The van der Waals surface area contributed by atoms with E-state index in [0.717, 1.165) is 5.56 Å². The quantitative estimate of drug-likeness (QED) is 0.609. The van der Waals surface area contributed by atoms with Crippen LogP contribution in [0, 0.1) is 0 Å². The monoisotopic (exact) mass is 241 g/mol. The van der Waals surface area contributed by atoms with Crippen LogP contribution in [0.25, 0.3) is 0 Å². The third-order valence-electron chi connectivity index (χ3n) is 2.70. The number of carbonyl (C=O) groups excluding carboxylic acids is 1. The summed E-state index contributed by atoms with van der Waals surface area (Å²) in [5.41, 5.74) is 1.04. The number of nitrogens with zero attached hydrogens (tertiary/aromatic N) is 1. The molecule has 18 heavy (non-hydrogen) atoms. The highest BCUT2D eigenvalue weighted by Gasteiger charge is 2.12. The van der Waals surface area contributed by atoms with Crippen LogP contribution < -0.4 is 4.74 Å². The van der Waals surface area contributed by atoms with Crippen molar-refractivity contribution in [1.29, 1.82) is 0 Å². The molecule has 0 bridgehead atoms. The van der Waals surface area contributed by atoms with Gasteiger partial charge in [-0.2, -0.15) is 0 Å². The summed E-state index contributed by atoms with van der Waals surface area (Å²) < 4.78 is 5.25. The molecule has 1 atom stereocenters. The van der Waals surface area contributed by atoms with Gasteiger partial charge in [0.1, 0.15) is 5.75 Å². The minimum absolute atomic E-state index is 0.106. The molecule has 1 heterocycles. The smallest absolute Gasteiger partial charge is 0.311 e. The molecule has 3 nitrogen and oxygen atoms in total. The largest absolute Gasteiger partial charge is 0.427 e. The van der Waals surface area contributed by atoms with Gasteiger partial charge in [-0.05, 0) is 29.7 Å². The maximum absolute atomic E-state index is 11.8. The third-order valence-corrected chi connectivity index (χ3v) is 2.70. The van der Waals surface area contributed by atoms with Crippen LogP contribution in [-0.4, -0.2) is 11.0 Å². The summed E-state index contributed by atoms with van der Waals surface area (Å²) in [6.07, 6.45) is 3.85. The minimum Gasteiger partial charge on any atom is -0.427 e. The zero-order chi connectivity index (χ0) is 12.8. The minimum atomic E-state index is -0.224. The number of carbonyl (C=O) groups is 1. The Balaban J connectivity index is 1.92. The topological polar surface area (TPSA) is 39.2 Å². The Morgan fingerprint density at radius 1 is 1.22 bits per heavy atom. The first-order chi connectivity index (χ1) is 8.75. The molecule has 92 valence electrons. The molecule has 0 fully saturated rings. The highest BCUT2D eigenvalue weighted by atomic mass is 16.5. The van der Waals surface area contributed by atoms with Crippen LogP contribution in [-0.2, 0) is 4.79 Å². The second-order valence-electron chi connectivity index (χ2n) is 4.18. The van der Waals surface area contributed by atoms with Gasteiger partial charge < -0.3 is 4.74 Å². The van der Waals surface area contributed by atoms with Crippen LogP contribution in [0.15, 0.2) is 54.9 Å². The van der Waals surface area contributed by atoms with Crippen LogP contribution in [0.1, 0.15) is 24.8 Å². The second kappa shape index (κ2) is 5.96. The fourth-order valence-corrected chi connectivity index (χ4v) is 1.70. The number of hydrogen-bond acceptors (Lipinski definition) is 3. The molecule has 0 unspecified atom stereocenters. The number of ether oxygens (including phenoxy) is 1. The van der Waals surface area contributed by atoms with Crippen molar-refractivity contribution in [2.24, 2.45) is 0 Å².